The normalized spacial score (nSPS) is 11.3. The lowest BCUT2D eigenvalue weighted by Gasteiger charge is -2.06. The molecule has 0 aliphatic heterocycles. The van der Waals surface area contributed by atoms with Gasteiger partial charge in [-0.05, 0) is 24.6 Å². The molecule has 0 saturated heterocycles. The molecule has 5 heteroatoms. The van der Waals surface area contributed by atoms with Gasteiger partial charge in [0.25, 0.3) is 5.91 Å². The summed E-state index contributed by atoms with van der Waals surface area (Å²) in [6.07, 6.45) is 1.82. The molecule has 3 aromatic rings. The van der Waals surface area contributed by atoms with Crippen LogP contribution in [0.15, 0.2) is 77.7 Å². The number of amides is 1. The number of aromatic nitrogens is 1. The Kier molecular flexibility index (Phi) is 5.26. The second-order valence-electron chi connectivity index (χ2n) is 5.59. The Morgan fingerprint density at radius 2 is 1.92 bits per heavy atom. The molecule has 0 fully saturated rings. The van der Waals surface area contributed by atoms with Gasteiger partial charge in [0.1, 0.15) is 0 Å². The van der Waals surface area contributed by atoms with Crippen LogP contribution < -0.4 is 10.2 Å². The number of benzene rings is 2. The van der Waals surface area contributed by atoms with Gasteiger partial charge in [0.15, 0.2) is 0 Å². The molecule has 126 valence electrons. The fraction of sp³-hybridized carbons (Fsp3) is 0.100. The van der Waals surface area contributed by atoms with Crippen LogP contribution in [0.3, 0.4) is 0 Å². The van der Waals surface area contributed by atoms with Crippen molar-refractivity contribution in [3.05, 3.63) is 88.6 Å². The summed E-state index contributed by atoms with van der Waals surface area (Å²) in [5.41, 5.74) is 6.49. The number of carbonyl (C=O) groups excluding carboxylic acids is 1. The maximum absolute atomic E-state index is 12.2. The lowest BCUT2D eigenvalue weighted by Crippen LogP contribution is -2.24. The monoisotopic (exact) mass is 349 g/mol. The van der Waals surface area contributed by atoms with Gasteiger partial charge >= 0.3 is 0 Å². The predicted molar refractivity (Wildman–Crippen MR) is 102 cm³/mol. The van der Waals surface area contributed by atoms with Crippen molar-refractivity contribution >= 4 is 17.2 Å². The van der Waals surface area contributed by atoms with E-state index in [1.165, 1.54) is 11.3 Å². The Bertz CT molecular complexity index is 937. The number of nitrogens with zero attached hydrogens (tertiary/aromatic N) is 2. The van der Waals surface area contributed by atoms with Gasteiger partial charge in [-0.3, -0.25) is 4.79 Å². The van der Waals surface area contributed by atoms with Crippen molar-refractivity contribution in [3.8, 4) is 11.3 Å². The summed E-state index contributed by atoms with van der Waals surface area (Å²) in [5.74, 6) is -0.222. The third kappa shape index (κ3) is 3.95. The molecule has 0 bridgehead atoms. The summed E-state index contributed by atoms with van der Waals surface area (Å²) in [6.45, 7) is 6.42. The third-order valence-corrected chi connectivity index (χ3v) is 4.61. The highest BCUT2D eigenvalue weighted by Crippen LogP contribution is 2.19. The first-order valence-electron chi connectivity index (χ1n) is 7.94. The second kappa shape index (κ2) is 7.77. The van der Waals surface area contributed by atoms with E-state index in [0.717, 1.165) is 21.6 Å². The molecule has 2 aromatic carbocycles. The van der Waals surface area contributed by atoms with E-state index in [2.05, 4.69) is 29.2 Å². The summed E-state index contributed by atoms with van der Waals surface area (Å²) in [6, 6.07) is 17.5. The van der Waals surface area contributed by atoms with E-state index in [9.17, 15) is 4.79 Å². The molecule has 0 unspecified atom stereocenters. The summed E-state index contributed by atoms with van der Waals surface area (Å²) in [4.78, 5) is 13.0. The van der Waals surface area contributed by atoms with Gasteiger partial charge in [-0.25, -0.2) is 5.43 Å². The maximum Gasteiger partial charge on any atom is 0.271 e. The average molecular weight is 349 g/mol. The third-order valence-electron chi connectivity index (χ3n) is 3.75. The molecule has 4 nitrogen and oxygen atoms in total. The van der Waals surface area contributed by atoms with E-state index in [4.69, 9.17) is 0 Å². The summed E-state index contributed by atoms with van der Waals surface area (Å²) >= 11 is 1.48. The smallest absolute Gasteiger partial charge is 0.271 e. The molecule has 1 N–H and O–H groups in total. The Balaban J connectivity index is 1.90. The van der Waals surface area contributed by atoms with Crippen LogP contribution in [0.4, 0.5) is 0 Å². The summed E-state index contributed by atoms with van der Waals surface area (Å²) in [5, 5.41) is 6.34. The minimum Gasteiger partial charge on any atom is -0.311 e. The van der Waals surface area contributed by atoms with E-state index >= 15 is 0 Å². The number of allylic oxidation sites excluding steroid dienone is 1. The van der Waals surface area contributed by atoms with Crippen LogP contribution >= 0.6 is 11.3 Å². The second-order valence-corrected chi connectivity index (χ2v) is 6.42. The van der Waals surface area contributed by atoms with Crippen LogP contribution in [-0.2, 0) is 6.54 Å². The van der Waals surface area contributed by atoms with Crippen LogP contribution in [0.1, 0.15) is 15.9 Å². The molecule has 25 heavy (non-hydrogen) atoms. The fourth-order valence-corrected chi connectivity index (χ4v) is 3.31. The maximum atomic E-state index is 12.2. The Morgan fingerprint density at radius 3 is 2.60 bits per heavy atom. The quantitative estimate of drug-likeness (QED) is 0.550. The number of rotatable bonds is 5. The Hall–Kier alpha value is -2.92. The molecule has 1 aromatic heterocycles. The van der Waals surface area contributed by atoms with Crippen molar-refractivity contribution in [2.24, 2.45) is 5.10 Å². The van der Waals surface area contributed by atoms with Gasteiger partial charge in [0.05, 0.1) is 5.69 Å². The molecule has 0 aliphatic rings. The lowest BCUT2D eigenvalue weighted by atomic mass is 10.1. The predicted octanol–water partition coefficient (Wildman–Crippen LogP) is 3.96. The minimum atomic E-state index is -0.222. The lowest BCUT2D eigenvalue weighted by molar-refractivity contribution is 0.0953. The van der Waals surface area contributed by atoms with Crippen molar-refractivity contribution in [2.45, 2.75) is 13.5 Å². The zero-order valence-corrected chi connectivity index (χ0v) is 14.8. The molecule has 1 heterocycles. The first kappa shape index (κ1) is 16.9. The number of aryl methyl sites for hydroxylation is 1. The number of hydrogen-bond acceptors (Lipinski definition) is 3. The Labute approximate surface area is 150 Å². The number of hydrogen-bond donors (Lipinski definition) is 1. The van der Waals surface area contributed by atoms with Gasteiger partial charge in [-0.2, -0.15) is 0 Å². The van der Waals surface area contributed by atoms with Gasteiger partial charge in [-0.1, -0.05) is 54.1 Å². The highest BCUT2D eigenvalue weighted by molar-refractivity contribution is 7.07. The average Bonchev–Trinajstić information content (AvgIpc) is 3.04. The molecule has 1 amide bonds. The molecule has 3 rings (SSSR count). The highest BCUT2D eigenvalue weighted by Gasteiger charge is 2.08. The molecule has 0 radical (unpaired) electrons. The molecule has 0 spiro atoms. The van der Waals surface area contributed by atoms with E-state index in [1.54, 1.807) is 12.1 Å². The largest absolute Gasteiger partial charge is 0.311 e. The SMILES string of the molecule is C=CCn1c(-c2ccccc2)cs/c1=N/NC(=O)c1ccc(C)cc1. The van der Waals surface area contributed by atoms with Crippen LogP contribution in [0.5, 0.6) is 0 Å². The number of carbonyl (C=O) groups is 1. The number of nitrogens with one attached hydrogen (secondary N) is 1. The minimum absolute atomic E-state index is 0.222. The van der Waals surface area contributed by atoms with Crippen LogP contribution in [-0.4, -0.2) is 10.5 Å². The topological polar surface area (TPSA) is 46.4 Å². The van der Waals surface area contributed by atoms with Crippen molar-refractivity contribution in [1.29, 1.82) is 0 Å². The van der Waals surface area contributed by atoms with E-state index in [1.807, 2.05) is 53.3 Å². The van der Waals surface area contributed by atoms with Crippen molar-refractivity contribution in [3.63, 3.8) is 0 Å². The first-order chi connectivity index (χ1) is 12.2. The molecule has 0 atom stereocenters. The summed E-state index contributed by atoms with van der Waals surface area (Å²) < 4.78 is 2.03. The standard InChI is InChI=1S/C20H19N3OS/c1-3-13-23-18(16-7-5-4-6-8-16)14-25-20(23)22-21-19(24)17-11-9-15(2)10-12-17/h3-12,14H,1,13H2,2H3,(H,21,24)/b22-20+. The van der Waals surface area contributed by atoms with E-state index < -0.39 is 0 Å². The zero-order valence-electron chi connectivity index (χ0n) is 14.0. The van der Waals surface area contributed by atoms with Crippen molar-refractivity contribution in [1.82, 2.24) is 9.99 Å². The van der Waals surface area contributed by atoms with Gasteiger partial charge < -0.3 is 4.57 Å². The molecule has 0 saturated carbocycles. The zero-order chi connectivity index (χ0) is 17.6. The summed E-state index contributed by atoms with van der Waals surface area (Å²) in [7, 11) is 0. The molecule has 0 aliphatic carbocycles. The Morgan fingerprint density at radius 1 is 1.20 bits per heavy atom. The van der Waals surface area contributed by atoms with Crippen molar-refractivity contribution in [2.75, 3.05) is 0 Å². The van der Waals surface area contributed by atoms with Gasteiger partial charge in [0, 0.05) is 17.5 Å². The van der Waals surface area contributed by atoms with Crippen LogP contribution in [0, 0.1) is 6.92 Å². The molecular weight excluding hydrogens is 330 g/mol. The van der Waals surface area contributed by atoms with Crippen LogP contribution in [0.2, 0.25) is 0 Å². The van der Waals surface area contributed by atoms with Crippen LogP contribution in [0.25, 0.3) is 11.3 Å². The highest BCUT2D eigenvalue weighted by atomic mass is 32.1. The van der Waals surface area contributed by atoms with E-state index in [-0.39, 0.29) is 5.91 Å². The molecular formula is C20H19N3OS. The first-order valence-corrected chi connectivity index (χ1v) is 8.82. The van der Waals surface area contributed by atoms with Crippen molar-refractivity contribution < 1.29 is 4.79 Å². The van der Waals surface area contributed by atoms with E-state index in [0.29, 0.717) is 12.1 Å². The van der Waals surface area contributed by atoms with Gasteiger partial charge in [-0.15, -0.1) is 23.0 Å². The van der Waals surface area contributed by atoms with Gasteiger partial charge in [0.2, 0.25) is 4.80 Å². The fourth-order valence-electron chi connectivity index (χ4n) is 2.43. The number of thiazole rings is 1.